The summed E-state index contributed by atoms with van der Waals surface area (Å²) in [5.41, 5.74) is 4.19. The summed E-state index contributed by atoms with van der Waals surface area (Å²) >= 11 is 5.92. The van der Waals surface area contributed by atoms with Gasteiger partial charge in [0.25, 0.3) is 5.91 Å². The molecule has 152 valence electrons. The lowest BCUT2D eigenvalue weighted by Crippen LogP contribution is -2.10. The molecule has 2 heterocycles. The second-order valence-corrected chi connectivity index (χ2v) is 7.51. The number of furan rings is 1. The highest BCUT2D eigenvalue weighted by Crippen LogP contribution is 2.24. The molecule has 0 fully saturated rings. The molecule has 5 rings (SSSR count). The molecule has 3 aromatic carbocycles. The van der Waals surface area contributed by atoms with Crippen LogP contribution >= 0.6 is 11.6 Å². The molecule has 2 aromatic heterocycles. The van der Waals surface area contributed by atoms with E-state index in [9.17, 15) is 4.79 Å². The van der Waals surface area contributed by atoms with Crippen molar-refractivity contribution in [1.82, 2.24) is 4.98 Å². The number of aromatic nitrogens is 1. The van der Waals surface area contributed by atoms with Crippen molar-refractivity contribution in [2.45, 2.75) is 6.42 Å². The minimum absolute atomic E-state index is 0.237. The smallest absolute Gasteiger partial charge is 0.291 e. The summed E-state index contributed by atoms with van der Waals surface area (Å²) in [4.78, 5) is 17.0. The van der Waals surface area contributed by atoms with Gasteiger partial charge in [0.1, 0.15) is 11.3 Å². The molecule has 0 saturated heterocycles. The Morgan fingerprint density at radius 2 is 1.65 bits per heavy atom. The SMILES string of the molecule is O=C(Nc1ccc(Cc2nc3ccccc3o2)cc1)c1ccc(-c2ccc(Cl)cc2)o1. The van der Waals surface area contributed by atoms with Crippen LogP contribution in [0, 0.1) is 0 Å². The molecular formula is C25H17ClN2O3. The van der Waals surface area contributed by atoms with Crippen molar-refractivity contribution in [3.63, 3.8) is 0 Å². The largest absolute Gasteiger partial charge is 0.451 e. The Balaban J connectivity index is 1.25. The van der Waals surface area contributed by atoms with Crippen LogP contribution < -0.4 is 5.32 Å². The number of fused-ring (bicyclic) bond motifs is 1. The van der Waals surface area contributed by atoms with Gasteiger partial charge in [0.05, 0.1) is 0 Å². The van der Waals surface area contributed by atoms with Crippen LogP contribution in [0.3, 0.4) is 0 Å². The number of rotatable bonds is 5. The number of oxazole rings is 1. The summed E-state index contributed by atoms with van der Waals surface area (Å²) in [5, 5.41) is 3.50. The van der Waals surface area contributed by atoms with E-state index in [1.807, 2.05) is 60.7 Å². The molecule has 6 heteroatoms. The van der Waals surface area contributed by atoms with E-state index in [2.05, 4.69) is 10.3 Å². The van der Waals surface area contributed by atoms with Crippen LogP contribution in [-0.4, -0.2) is 10.9 Å². The number of benzene rings is 3. The molecule has 1 N–H and O–H groups in total. The summed E-state index contributed by atoms with van der Waals surface area (Å²) < 4.78 is 11.5. The van der Waals surface area contributed by atoms with Crippen LogP contribution in [0.4, 0.5) is 5.69 Å². The second-order valence-electron chi connectivity index (χ2n) is 7.07. The number of nitrogens with one attached hydrogen (secondary N) is 1. The minimum Gasteiger partial charge on any atom is -0.451 e. The highest BCUT2D eigenvalue weighted by Gasteiger charge is 2.13. The Hall–Kier alpha value is -3.83. The van der Waals surface area contributed by atoms with E-state index in [4.69, 9.17) is 20.4 Å². The molecule has 0 aliphatic rings. The number of carbonyl (C=O) groups is 1. The van der Waals surface area contributed by atoms with E-state index in [0.717, 1.165) is 22.2 Å². The molecule has 31 heavy (non-hydrogen) atoms. The molecule has 5 aromatic rings. The molecule has 0 bridgehead atoms. The zero-order valence-electron chi connectivity index (χ0n) is 16.3. The van der Waals surface area contributed by atoms with E-state index >= 15 is 0 Å². The van der Waals surface area contributed by atoms with Crippen molar-refractivity contribution in [3.8, 4) is 11.3 Å². The van der Waals surface area contributed by atoms with Crippen LogP contribution in [0.25, 0.3) is 22.4 Å². The highest BCUT2D eigenvalue weighted by molar-refractivity contribution is 6.30. The maximum absolute atomic E-state index is 12.5. The molecule has 0 radical (unpaired) electrons. The zero-order valence-corrected chi connectivity index (χ0v) is 17.1. The number of para-hydroxylation sites is 2. The van der Waals surface area contributed by atoms with Crippen molar-refractivity contribution >= 4 is 34.3 Å². The number of anilines is 1. The molecular weight excluding hydrogens is 412 g/mol. The van der Waals surface area contributed by atoms with Crippen molar-refractivity contribution in [2.24, 2.45) is 0 Å². The maximum atomic E-state index is 12.5. The Morgan fingerprint density at radius 1 is 0.871 bits per heavy atom. The van der Waals surface area contributed by atoms with Gasteiger partial charge in [-0.2, -0.15) is 0 Å². The van der Waals surface area contributed by atoms with E-state index in [1.54, 1.807) is 24.3 Å². The highest BCUT2D eigenvalue weighted by atomic mass is 35.5. The first-order valence-corrected chi connectivity index (χ1v) is 10.1. The summed E-state index contributed by atoms with van der Waals surface area (Å²) in [5.74, 6) is 1.19. The number of nitrogens with zero attached hydrogens (tertiary/aromatic N) is 1. The van der Waals surface area contributed by atoms with Gasteiger partial charge in [0.2, 0.25) is 0 Å². The maximum Gasteiger partial charge on any atom is 0.291 e. The van der Waals surface area contributed by atoms with Crippen LogP contribution in [0.15, 0.2) is 93.8 Å². The summed E-state index contributed by atoms with van der Waals surface area (Å²) in [6.45, 7) is 0. The molecule has 0 atom stereocenters. The molecule has 1 amide bonds. The summed E-state index contributed by atoms with van der Waals surface area (Å²) in [7, 11) is 0. The van der Waals surface area contributed by atoms with Gasteiger partial charge in [0, 0.05) is 22.7 Å². The van der Waals surface area contributed by atoms with Gasteiger partial charge in [-0.3, -0.25) is 4.79 Å². The van der Waals surface area contributed by atoms with E-state index in [1.165, 1.54) is 0 Å². The van der Waals surface area contributed by atoms with Crippen molar-refractivity contribution in [3.05, 3.63) is 107 Å². The van der Waals surface area contributed by atoms with Crippen molar-refractivity contribution in [2.75, 3.05) is 5.32 Å². The van der Waals surface area contributed by atoms with E-state index in [-0.39, 0.29) is 11.7 Å². The standard InChI is InChI=1S/C25H17ClN2O3/c26-18-9-7-17(8-10-18)21-13-14-23(30-21)25(29)27-19-11-5-16(6-12-19)15-24-28-20-3-1-2-4-22(20)31-24/h1-14H,15H2,(H,27,29). The first kappa shape index (κ1) is 19.2. The van der Waals surface area contributed by atoms with E-state index < -0.39 is 0 Å². The third-order valence-electron chi connectivity index (χ3n) is 4.86. The number of hydrogen-bond acceptors (Lipinski definition) is 4. The minimum atomic E-state index is -0.313. The van der Waals surface area contributed by atoms with Gasteiger partial charge in [-0.15, -0.1) is 0 Å². The Bertz CT molecular complexity index is 1320. The van der Waals surface area contributed by atoms with Crippen molar-refractivity contribution < 1.29 is 13.6 Å². The average Bonchev–Trinajstić information content (AvgIpc) is 3.43. The zero-order chi connectivity index (χ0) is 21.2. The predicted octanol–water partition coefficient (Wildman–Crippen LogP) is 6.58. The fraction of sp³-hybridized carbons (Fsp3) is 0.0400. The first-order valence-electron chi connectivity index (χ1n) is 9.74. The summed E-state index contributed by atoms with van der Waals surface area (Å²) in [6, 6.07) is 25.9. The van der Waals surface area contributed by atoms with Gasteiger partial charge >= 0.3 is 0 Å². The van der Waals surface area contributed by atoms with Crippen LogP contribution in [-0.2, 0) is 6.42 Å². The van der Waals surface area contributed by atoms with Gasteiger partial charge < -0.3 is 14.2 Å². The lowest BCUT2D eigenvalue weighted by molar-refractivity contribution is 0.0997. The molecule has 0 unspecified atom stereocenters. The number of carbonyl (C=O) groups excluding carboxylic acids is 1. The lowest BCUT2D eigenvalue weighted by atomic mass is 10.1. The van der Waals surface area contributed by atoms with Gasteiger partial charge in [-0.25, -0.2) is 4.98 Å². The van der Waals surface area contributed by atoms with Gasteiger partial charge in [-0.1, -0.05) is 35.9 Å². The van der Waals surface area contributed by atoms with Crippen molar-refractivity contribution in [1.29, 1.82) is 0 Å². The monoisotopic (exact) mass is 428 g/mol. The summed E-state index contributed by atoms with van der Waals surface area (Å²) in [6.07, 6.45) is 0.575. The van der Waals surface area contributed by atoms with E-state index in [0.29, 0.717) is 28.8 Å². The van der Waals surface area contributed by atoms with Crippen LogP contribution in [0.2, 0.25) is 5.02 Å². The molecule has 0 spiro atoms. The Labute approximate surface area is 183 Å². The van der Waals surface area contributed by atoms with Gasteiger partial charge in [-0.05, 0) is 66.2 Å². The number of hydrogen-bond donors (Lipinski definition) is 1. The fourth-order valence-corrected chi connectivity index (χ4v) is 3.42. The molecule has 0 aliphatic heterocycles. The predicted molar refractivity (Wildman–Crippen MR) is 120 cm³/mol. The average molecular weight is 429 g/mol. The molecule has 0 saturated carbocycles. The Morgan fingerprint density at radius 3 is 2.42 bits per heavy atom. The third kappa shape index (κ3) is 4.22. The van der Waals surface area contributed by atoms with Crippen LogP contribution in [0.1, 0.15) is 22.0 Å². The lowest BCUT2D eigenvalue weighted by Gasteiger charge is -2.04. The topological polar surface area (TPSA) is 68.3 Å². The number of halogens is 1. The normalized spacial score (nSPS) is 11.0. The quantitative estimate of drug-likeness (QED) is 0.343. The van der Waals surface area contributed by atoms with Gasteiger partial charge in [0.15, 0.2) is 17.2 Å². The van der Waals surface area contributed by atoms with Crippen LogP contribution in [0.5, 0.6) is 0 Å². The third-order valence-corrected chi connectivity index (χ3v) is 5.12. The molecule has 5 nitrogen and oxygen atoms in total. The fourth-order valence-electron chi connectivity index (χ4n) is 3.30. The molecule has 0 aliphatic carbocycles. The second kappa shape index (κ2) is 8.13. The number of amides is 1. The first-order chi connectivity index (χ1) is 15.1. The Kier molecular flexibility index (Phi) is 5.02.